The molecule has 0 aromatic carbocycles. The van der Waals surface area contributed by atoms with Crippen molar-refractivity contribution in [2.75, 3.05) is 19.6 Å². The van der Waals surface area contributed by atoms with E-state index in [4.69, 9.17) is 10.8 Å². The number of thioether (sulfide) groups is 1. The Morgan fingerprint density at radius 2 is 2.00 bits per heavy atom. The number of aliphatic carboxylic acids is 1. The number of aryl methyl sites for hydroxylation is 1. The van der Waals surface area contributed by atoms with Gasteiger partial charge in [0.25, 0.3) is 0 Å². The molecule has 0 spiro atoms. The minimum absolute atomic E-state index is 0.176. The summed E-state index contributed by atoms with van der Waals surface area (Å²) in [6.07, 6.45) is 4.24. The van der Waals surface area contributed by atoms with Gasteiger partial charge in [-0.15, -0.1) is 0 Å². The third-order valence-corrected chi connectivity index (χ3v) is 3.74. The maximum absolute atomic E-state index is 11.5. The van der Waals surface area contributed by atoms with Crippen LogP contribution in [-0.4, -0.2) is 62.9 Å². The van der Waals surface area contributed by atoms with E-state index in [1.54, 1.807) is 12.5 Å². The Hall–Kier alpha value is -2.40. The number of hydrogen-bond acceptors (Lipinski definition) is 7. The molecule has 11 heteroatoms. The summed E-state index contributed by atoms with van der Waals surface area (Å²) in [4.78, 5) is 51.1. The molecular formula is C15H25N5O5S. The van der Waals surface area contributed by atoms with Crippen LogP contribution in [0.15, 0.2) is 12.5 Å². The number of H-pyrrole nitrogens is 1. The van der Waals surface area contributed by atoms with Gasteiger partial charge in [0, 0.05) is 18.3 Å². The molecule has 0 aliphatic heterocycles. The molecule has 0 radical (unpaired) electrons. The van der Waals surface area contributed by atoms with E-state index < -0.39 is 23.7 Å². The highest BCUT2D eigenvalue weighted by Crippen LogP contribution is 2.11. The maximum Gasteiger partial charge on any atom is 0.322 e. The molecule has 0 saturated heterocycles. The van der Waals surface area contributed by atoms with Gasteiger partial charge in [-0.3, -0.25) is 19.2 Å². The number of carbonyl (C=O) groups is 4. The van der Waals surface area contributed by atoms with Gasteiger partial charge in [-0.05, 0) is 26.8 Å². The number of rotatable bonds is 9. The highest BCUT2D eigenvalue weighted by atomic mass is 32.2. The van der Waals surface area contributed by atoms with Crippen LogP contribution in [0.3, 0.4) is 0 Å². The molecule has 10 nitrogen and oxygen atoms in total. The number of amides is 2. The summed E-state index contributed by atoms with van der Waals surface area (Å²) in [7, 11) is 0. The van der Waals surface area contributed by atoms with Crippen molar-refractivity contribution >= 4 is 34.7 Å². The van der Waals surface area contributed by atoms with Gasteiger partial charge in [0.15, 0.2) is 0 Å². The second kappa shape index (κ2) is 13.8. The van der Waals surface area contributed by atoms with Crippen LogP contribution in [0.5, 0.6) is 0 Å². The van der Waals surface area contributed by atoms with Crippen molar-refractivity contribution < 1.29 is 24.3 Å². The number of imidazole rings is 1. The summed E-state index contributed by atoms with van der Waals surface area (Å²) in [6.45, 7) is 3.18. The van der Waals surface area contributed by atoms with E-state index in [1.807, 2.05) is 6.92 Å². The molecule has 0 bridgehead atoms. The highest BCUT2D eigenvalue weighted by molar-refractivity contribution is 8.14. The van der Waals surface area contributed by atoms with Crippen molar-refractivity contribution in [3.63, 3.8) is 0 Å². The molecule has 146 valence electrons. The van der Waals surface area contributed by atoms with Crippen LogP contribution in [-0.2, 0) is 19.2 Å². The zero-order chi connectivity index (χ0) is 19.9. The Morgan fingerprint density at radius 1 is 1.31 bits per heavy atom. The van der Waals surface area contributed by atoms with E-state index >= 15 is 0 Å². The molecular weight excluding hydrogens is 362 g/mol. The summed E-state index contributed by atoms with van der Waals surface area (Å²) < 4.78 is 0. The highest BCUT2D eigenvalue weighted by Gasteiger charge is 2.18. The predicted octanol–water partition coefficient (Wildman–Crippen LogP) is -0.591. The van der Waals surface area contributed by atoms with Crippen molar-refractivity contribution in [1.82, 2.24) is 20.6 Å². The van der Waals surface area contributed by atoms with E-state index in [9.17, 15) is 19.2 Å². The summed E-state index contributed by atoms with van der Waals surface area (Å²) >= 11 is 0.742. The minimum atomic E-state index is -1.16. The van der Waals surface area contributed by atoms with Gasteiger partial charge >= 0.3 is 5.97 Å². The number of aromatic nitrogens is 2. The van der Waals surface area contributed by atoms with Crippen LogP contribution >= 0.6 is 11.8 Å². The van der Waals surface area contributed by atoms with Gasteiger partial charge in [-0.1, -0.05) is 11.8 Å². The fourth-order valence-electron chi connectivity index (χ4n) is 1.45. The maximum atomic E-state index is 11.5. The predicted molar refractivity (Wildman–Crippen MR) is 97.3 cm³/mol. The van der Waals surface area contributed by atoms with E-state index in [1.165, 1.54) is 6.92 Å². The van der Waals surface area contributed by atoms with Crippen molar-refractivity contribution in [2.24, 2.45) is 5.73 Å². The molecule has 1 rings (SSSR count). The quantitative estimate of drug-likeness (QED) is 0.375. The molecule has 1 atom stereocenters. The topological polar surface area (TPSA) is 167 Å². The molecule has 6 N–H and O–H groups in total. The molecule has 26 heavy (non-hydrogen) atoms. The number of hydrogen-bond donors (Lipinski definition) is 5. The summed E-state index contributed by atoms with van der Waals surface area (Å²) in [6, 6.07) is 0. The first kappa shape index (κ1) is 23.6. The van der Waals surface area contributed by atoms with Gasteiger partial charge < -0.3 is 26.5 Å². The number of nitrogens with one attached hydrogen (secondary N) is 3. The fraction of sp³-hybridized carbons (Fsp3) is 0.533. The molecule has 0 aliphatic carbocycles. The lowest BCUT2D eigenvalue weighted by Gasteiger charge is -2.10. The molecule has 0 saturated carbocycles. The van der Waals surface area contributed by atoms with Crippen LogP contribution in [0.1, 0.15) is 25.5 Å². The standard InChI is InChI=1S/C11H19N3O5S.C4H6N2/c1-7(11(19)14-5-9(16)17)20-10(18)6-13-8(15)3-2-4-12;1-4-2-5-3-6-4/h7H,2-6,12H2,1H3,(H,13,15)(H,14,19)(H,16,17);2-3H,1H3,(H,5,6). The van der Waals surface area contributed by atoms with Crippen molar-refractivity contribution in [3.8, 4) is 0 Å². The van der Waals surface area contributed by atoms with Crippen molar-refractivity contribution in [2.45, 2.75) is 31.9 Å². The Balaban J connectivity index is 0.000000867. The largest absolute Gasteiger partial charge is 0.480 e. The molecule has 0 aliphatic rings. The van der Waals surface area contributed by atoms with Crippen LogP contribution in [0.2, 0.25) is 0 Å². The second-order valence-corrected chi connectivity index (χ2v) is 6.55. The lowest BCUT2D eigenvalue weighted by molar-refractivity contribution is -0.137. The average molecular weight is 387 g/mol. The lowest BCUT2D eigenvalue weighted by Crippen LogP contribution is -2.36. The second-order valence-electron chi connectivity index (χ2n) is 5.15. The zero-order valence-corrected chi connectivity index (χ0v) is 15.6. The van der Waals surface area contributed by atoms with Crippen LogP contribution in [0.4, 0.5) is 0 Å². The Bertz CT molecular complexity index is 579. The molecule has 1 unspecified atom stereocenters. The summed E-state index contributed by atoms with van der Waals surface area (Å²) in [5, 5.41) is 11.9. The number of carbonyl (C=O) groups excluding carboxylic acids is 3. The first-order valence-corrected chi connectivity index (χ1v) is 8.75. The number of nitrogens with two attached hydrogens (primary N) is 1. The Kier molecular flexibility index (Phi) is 12.6. The van der Waals surface area contributed by atoms with Crippen LogP contribution in [0.25, 0.3) is 0 Å². The molecule has 1 heterocycles. The SMILES string of the molecule is CC(SC(=O)CNC(=O)CCCN)C(=O)NCC(=O)O.Cc1cnc[nH]1. The average Bonchev–Trinajstić information content (AvgIpc) is 3.07. The van der Waals surface area contributed by atoms with Gasteiger partial charge in [-0.25, -0.2) is 4.98 Å². The van der Waals surface area contributed by atoms with Crippen molar-refractivity contribution in [1.29, 1.82) is 0 Å². The summed E-state index contributed by atoms with van der Waals surface area (Å²) in [5.41, 5.74) is 6.35. The first-order valence-electron chi connectivity index (χ1n) is 7.87. The lowest BCUT2D eigenvalue weighted by atomic mass is 10.3. The van der Waals surface area contributed by atoms with E-state index in [2.05, 4.69) is 20.6 Å². The molecule has 1 aromatic rings. The third kappa shape index (κ3) is 13.0. The number of carboxylic acids is 1. The molecule has 2 amide bonds. The first-order chi connectivity index (χ1) is 12.3. The van der Waals surface area contributed by atoms with E-state index in [0.29, 0.717) is 13.0 Å². The molecule has 1 aromatic heterocycles. The smallest absolute Gasteiger partial charge is 0.322 e. The van der Waals surface area contributed by atoms with E-state index in [0.717, 1.165) is 17.5 Å². The Morgan fingerprint density at radius 3 is 2.46 bits per heavy atom. The van der Waals surface area contributed by atoms with Crippen LogP contribution in [0, 0.1) is 6.92 Å². The summed E-state index contributed by atoms with van der Waals surface area (Å²) in [5.74, 6) is -1.97. The van der Waals surface area contributed by atoms with Gasteiger partial charge in [-0.2, -0.15) is 0 Å². The normalized spacial score (nSPS) is 10.9. The number of aromatic amines is 1. The fourth-order valence-corrected chi connectivity index (χ4v) is 2.19. The monoisotopic (exact) mass is 387 g/mol. The molecule has 0 fully saturated rings. The zero-order valence-electron chi connectivity index (χ0n) is 14.8. The number of nitrogens with zero attached hydrogens (tertiary/aromatic N) is 1. The van der Waals surface area contributed by atoms with Crippen molar-refractivity contribution in [3.05, 3.63) is 18.2 Å². The Labute approximate surface area is 155 Å². The number of carboxylic acid groups (broad SMARTS) is 1. The minimum Gasteiger partial charge on any atom is -0.480 e. The third-order valence-electron chi connectivity index (χ3n) is 2.76. The van der Waals surface area contributed by atoms with Gasteiger partial charge in [0.05, 0.1) is 18.1 Å². The van der Waals surface area contributed by atoms with E-state index in [-0.39, 0.29) is 24.0 Å². The van der Waals surface area contributed by atoms with Crippen LogP contribution < -0.4 is 16.4 Å². The van der Waals surface area contributed by atoms with Gasteiger partial charge in [0.1, 0.15) is 6.54 Å². The van der Waals surface area contributed by atoms with Gasteiger partial charge in [0.2, 0.25) is 16.9 Å².